The molecule has 0 radical (unpaired) electrons. The number of aliphatic imine (C=N–C) groups is 1. The fourth-order valence-corrected chi connectivity index (χ4v) is 3.16. The van der Waals surface area contributed by atoms with E-state index in [1.165, 1.54) is 4.90 Å². The zero-order chi connectivity index (χ0) is 17.9. The molecule has 2 aromatic carbocycles. The SMILES string of the molecule is CCNC(=NCc1ccc(C#N)cc1)NCC(C)Sc1ccccc1. The highest BCUT2D eigenvalue weighted by Gasteiger charge is 2.06. The van der Waals surface area contributed by atoms with Gasteiger partial charge in [0.15, 0.2) is 5.96 Å². The van der Waals surface area contributed by atoms with Gasteiger partial charge in [-0.2, -0.15) is 5.26 Å². The van der Waals surface area contributed by atoms with Crippen LogP contribution >= 0.6 is 11.8 Å². The predicted octanol–water partition coefficient (Wildman–Crippen LogP) is 3.79. The van der Waals surface area contributed by atoms with E-state index >= 15 is 0 Å². The molecule has 0 spiro atoms. The lowest BCUT2D eigenvalue weighted by Crippen LogP contribution is -2.40. The summed E-state index contributed by atoms with van der Waals surface area (Å²) in [5, 5.41) is 15.9. The van der Waals surface area contributed by atoms with E-state index in [1.807, 2.05) is 42.1 Å². The van der Waals surface area contributed by atoms with Gasteiger partial charge < -0.3 is 10.6 Å². The molecule has 0 fully saturated rings. The van der Waals surface area contributed by atoms with E-state index in [2.05, 4.69) is 59.8 Å². The average Bonchev–Trinajstić information content (AvgIpc) is 2.65. The van der Waals surface area contributed by atoms with Gasteiger partial charge >= 0.3 is 0 Å². The van der Waals surface area contributed by atoms with Crippen molar-refractivity contribution in [3.63, 3.8) is 0 Å². The molecule has 0 amide bonds. The third-order valence-electron chi connectivity index (χ3n) is 3.48. The molecular formula is C20H24N4S. The summed E-state index contributed by atoms with van der Waals surface area (Å²) in [6.45, 7) is 6.50. The lowest BCUT2D eigenvalue weighted by Gasteiger charge is -2.15. The fourth-order valence-electron chi connectivity index (χ4n) is 2.21. The molecule has 1 unspecified atom stereocenters. The van der Waals surface area contributed by atoms with E-state index in [4.69, 9.17) is 5.26 Å². The molecule has 0 saturated heterocycles. The third-order valence-corrected chi connectivity index (χ3v) is 4.60. The van der Waals surface area contributed by atoms with E-state index in [0.717, 1.165) is 24.6 Å². The maximum Gasteiger partial charge on any atom is 0.191 e. The van der Waals surface area contributed by atoms with Crippen LogP contribution in [0.15, 0.2) is 64.5 Å². The number of hydrogen-bond donors (Lipinski definition) is 2. The molecule has 5 heteroatoms. The summed E-state index contributed by atoms with van der Waals surface area (Å²) >= 11 is 1.85. The minimum atomic E-state index is 0.432. The quantitative estimate of drug-likeness (QED) is 0.452. The van der Waals surface area contributed by atoms with Crippen molar-refractivity contribution in [1.82, 2.24) is 10.6 Å². The van der Waals surface area contributed by atoms with E-state index < -0.39 is 0 Å². The predicted molar refractivity (Wildman–Crippen MR) is 106 cm³/mol. The van der Waals surface area contributed by atoms with Crippen LogP contribution in [-0.2, 0) is 6.54 Å². The summed E-state index contributed by atoms with van der Waals surface area (Å²) < 4.78 is 0. The van der Waals surface area contributed by atoms with Crippen LogP contribution in [0.1, 0.15) is 25.0 Å². The van der Waals surface area contributed by atoms with Gasteiger partial charge in [-0.15, -0.1) is 11.8 Å². The van der Waals surface area contributed by atoms with Gasteiger partial charge in [0.2, 0.25) is 0 Å². The molecule has 2 N–H and O–H groups in total. The Labute approximate surface area is 154 Å². The molecular weight excluding hydrogens is 328 g/mol. The van der Waals surface area contributed by atoms with Gasteiger partial charge in [0.1, 0.15) is 0 Å². The molecule has 4 nitrogen and oxygen atoms in total. The molecule has 1 atom stereocenters. The second-order valence-electron chi connectivity index (χ2n) is 5.63. The van der Waals surface area contributed by atoms with Crippen molar-refractivity contribution < 1.29 is 0 Å². The average molecular weight is 353 g/mol. The molecule has 130 valence electrons. The Morgan fingerprint density at radius 1 is 1.12 bits per heavy atom. The Balaban J connectivity index is 1.87. The van der Waals surface area contributed by atoms with Crippen LogP contribution in [0.5, 0.6) is 0 Å². The number of nitriles is 1. The van der Waals surface area contributed by atoms with Crippen molar-refractivity contribution in [2.75, 3.05) is 13.1 Å². The van der Waals surface area contributed by atoms with Crippen molar-refractivity contribution >= 4 is 17.7 Å². The fraction of sp³-hybridized carbons (Fsp3) is 0.300. The molecule has 0 aliphatic rings. The number of thioether (sulfide) groups is 1. The monoisotopic (exact) mass is 352 g/mol. The highest BCUT2D eigenvalue weighted by atomic mass is 32.2. The van der Waals surface area contributed by atoms with Crippen molar-refractivity contribution in [2.45, 2.75) is 30.5 Å². The van der Waals surface area contributed by atoms with Crippen LogP contribution in [0.25, 0.3) is 0 Å². The van der Waals surface area contributed by atoms with E-state index in [9.17, 15) is 0 Å². The molecule has 2 aromatic rings. The van der Waals surface area contributed by atoms with Crippen LogP contribution in [0.4, 0.5) is 0 Å². The van der Waals surface area contributed by atoms with Gasteiger partial charge in [0.25, 0.3) is 0 Å². The number of nitrogens with zero attached hydrogens (tertiary/aromatic N) is 2. The summed E-state index contributed by atoms with van der Waals surface area (Å²) in [5.41, 5.74) is 1.76. The standard InChI is InChI=1S/C20H24N4S/c1-3-22-20(24-15-18-11-9-17(13-21)10-12-18)23-14-16(2)25-19-7-5-4-6-8-19/h4-12,16H,3,14-15H2,1-2H3,(H2,22,23,24). The first-order valence-electron chi connectivity index (χ1n) is 8.44. The summed E-state index contributed by atoms with van der Waals surface area (Å²) in [6.07, 6.45) is 0. The van der Waals surface area contributed by atoms with E-state index in [0.29, 0.717) is 17.4 Å². The highest BCUT2D eigenvalue weighted by molar-refractivity contribution is 8.00. The van der Waals surface area contributed by atoms with Crippen LogP contribution in [0.2, 0.25) is 0 Å². The van der Waals surface area contributed by atoms with Gasteiger partial charge in [0, 0.05) is 23.2 Å². The number of rotatable bonds is 7. The van der Waals surface area contributed by atoms with E-state index in [-0.39, 0.29) is 0 Å². The molecule has 2 rings (SSSR count). The zero-order valence-corrected chi connectivity index (χ0v) is 15.5. The molecule has 0 aliphatic heterocycles. The molecule has 25 heavy (non-hydrogen) atoms. The van der Waals surface area contributed by atoms with Crippen molar-refractivity contribution in [3.05, 3.63) is 65.7 Å². The van der Waals surface area contributed by atoms with Crippen molar-refractivity contribution in [2.24, 2.45) is 4.99 Å². The summed E-state index contributed by atoms with van der Waals surface area (Å²) in [7, 11) is 0. The smallest absolute Gasteiger partial charge is 0.191 e. The maximum atomic E-state index is 8.84. The first kappa shape index (κ1) is 18.9. The summed E-state index contributed by atoms with van der Waals surface area (Å²) in [6, 6.07) is 20.1. The van der Waals surface area contributed by atoms with Crippen molar-refractivity contribution in [3.8, 4) is 6.07 Å². The number of benzene rings is 2. The van der Waals surface area contributed by atoms with Crippen LogP contribution in [0.3, 0.4) is 0 Å². The lowest BCUT2D eigenvalue weighted by molar-refractivity contribution is 0.794. The Hall–Kier alpha value is -2.45. The number of guanidine groups is 1. The maximum absolute atomic E-state index is 8.84. The normalized spacial score (nSPS) is 12.3. The number of nitrogens with one attached hydrogen (secondary N) is 2. The van der Waals surface area contributed by atoms with Gasteiger partial charge in [-0.05, 0) is 36.8 Å². The molecule has 0 aromatic heterocycles. The van der Waals surface area contributed by atoms with Crippen molar-refractivity contribution in [1.29, 1.82) is 5.26 Å². The topological polar surface area (TPSA) is 60.2 Å². The Morgan fingerprint density at radius 2 is 1.84 bits per heavy atom. The van der Waals surface area contributed by atoms with Gasteiger partial charge in [-0.25, -0.2) is 4.99 Å². The summed E-state index contributed by atoms with van der Waals surface area (Å²) in [4.78, 5) is 5.89. The first-order valence-corrected chi connectivity index (χ1v) is 9.32. The highest BCUT2D eigenvalue weighted by Crippen LogP contribution is 2.21. The lowest BCUT2D eigenvalue weighted by atomic mass is 10.1. The minimum Gasteiger partial charge on any atom is -0.357 e. The molecule has 0 aliphatic carbocycles. The molecule has 0 saturated carbocycles. The van der Waals surface area contributed by atoms with Crippen LogP contribution in [0, 0.1) is 11.3 Å². The zero-order valence-electron chi connectivity index (χ0n) is 14.7. The Kier molecular flexibility index (Phi) is 7.87. The van der Waals surface area contributed by atoms with Gasteiger partial charge in [0.05, 0.1) is 18.2 Å². The Morgan fingerprint density at radius 3 is 2.48 bits per heavy atom. The van der Waals surface area contributed by atoms with Crippen LogP contribution < -0.4 is 10.6 Å². The van der Waals surface area contributed by atoms with Crippen LogP contribution in [-0.4, -0.2) is 24.3 Å². The number of hydrogen-bond acceptors (Lipinski definition) is 3. The largest absolute Gasteiger partial charge is 0.357 e. The van der Waals surface area contributed by atoms with E-state index in [1.54, 1.807) is 0 Å². The molecule has 0 bridgehead atoms. The third kappa shape index (κ3) is 6.90. The second-order valence-corrected chi connectivity index (χ2v) is 7.14. The van der Waals surface area contributed by atoms with Gasteiger partial charge in [-0.3, -0.25) is 0 Å². The molecule has 0 heterocycles. The van der Waals surface area contributed by atoms with Gasteiger partial charge in [-0.1, -0.05) is 37.3 Å². The first-order chi connectivity index (χ1) is 12.2. The minimum absolute atomic E-state index is 0.432. The summed E-state index contributed by atoms with van der Waals surface area (Å²) in [5.74, 6) is 0.812. The Bertz CT molecular complexity index is 705. The second kappa shape index (κ2) is 10.4.